The number of benzene rings is 2. The number of rotatable bonds is 7. The third-order valence-corrected chi connectivity index (χ3v) is 8.21. The van der Waals surface area contributed by atoms with Crippen molar-refractivity contribution in [2.24, 2.45) is 0 Å². The first-order valence-corrected chi connectivity index (χ1v) is 11.2. The van der Waals surface area contributed by atoms with Gasteiger partial charge in [-0.15, -0.1) is 16.9 Å². The minimum atomic E-state index is -4.13. The van der Waals surface area contributed by atoms with E-state index < -0.39 is 33.4 Å². The van der Waals surface area contributed by atoms with Crippen molar-refractivity contribution in [2.75, 3.05) is 0 Å². The number of sulfonamides is 1. The summed E-state index contributed by atoms with van der Waals surface area (Å²) in [6.07, 6.45) is -0.0292. The SMILES string of the molecule is O=C(O)c1ccccc1C1CC1(NS(=O)(=O)c1ccc(-c2cc[c-]cc2)s1)C(=O)O.[U]. The second-order valence-corrected chi connectivity index (χ2v) is 9.93. The van der Waals surface area contributed by atoms with Gasteiger partial charge in [0.05, 0.1) is 5.56 Å². The summed E-state index contributed by atoms with van der Waals surface area (Å²) in [4.78, 5) is 24.2. The Kier molecular flexibility index (Phi) is 6.79. The van der Waals surface area contributed by atoms with Crippen LogP contribution in [0.3, 0.4) is 0 Å². The van der Waals surface area contributed by atoms with E-state index in [-0.39, 0.29) is 47.3 Å². The molecule has 2 aromatic carbocycles. The summed E-state index contributed by atoms with van der Waals surface area (Å²) in [6, 6.07) is 19.0. The molecule has 1 saturated carbocycles. The number of hydrogen-bond acceptors (Lipinski definition) is 5. The van der Waals surface area contributed by atoms with Gasteiger partial charge in [-0.2, -0.15) is 35.1 Å². The molecule has 4 rings (SSSR count). The van der Waals surface area contributed by atoms with Crippen molar-refractivity contribution in [1.29, 1.82) is 0 Å². The zero-order valence-electron chi connectivity index (χ0n) is 15.9. The van der Waals surface area contributed by atoms with E-state index in [4.69, 9.17) is 0 Å². The van der Waals surface area contributed by atoms with Crippen LogP contribution in [0.25, 0.3) is 10.4 Å². The maximum atomic E-state index is 12.9. The maximum Gasteiger partial charge on any atom is 0.335 e. The standard InChI is InChI=1S/C21H16NO6S2.U/c23-19(24)15-9-5-4-8-14(15)16-12-21(16,20(25)26)22-30(27,28)18-11-10-17(29-18)13-6-2-1-3-7-13;/h2-11,16,22H,12H2,(H,23,24)(H,25,26);/q-1;. The van der Waals surface area contributed by atoms with Crippen LogP contribution in [0.4, 0.5) is 0 Å². The van der Waals surface area contributed by atoms with Gasteiger partial charge in [0.25, 0.3) is 10.0 Å². The number of aliphatic carboxylic acids is 1. The van der Waals surface area contributed by atoms with Gasteiger partial charge >= 0.3 is 11.9 Å². The molecule has 3 N–H and O–H groups in total. The van der Waals surface area contributed by atoms with Crippen molar-refractivity contribution in [1.82, 2.24) is 4.72 Å². The zero-order valence-corrected chi connectivity index (χ0v) is 21.7. The van der Waals surface area contributed by atoms with E-state index in [9.17, 15) is 28.2 Å². The summed E-state index contributed by atoms with van der Waals surface area (Å²) in [5.41, 5.74) is -0.699. The molecule has 0 aliphatic heterocycles. The molecule has 10 heteroatoms. The molecule has 0 spiro atoms. The number of hydrogen-bond donors (Lipinski definition) is 3. The number of carbonyl (C=O) groups is 2. The van der Waals surface area contributed by atoms with Crippen LogP contribution in [0.15, 0.2) is 64.9 Å². The number of carboxylic acid groups (broad SMARTS) is 2. The normalized spacial score (nSPS) is 19.9. The van der Waals surface area contributed by atoms with Gasteiger partial charge in [-0.05, 0) is 30.2 Å². The molecule has 0 radical (unpaired) electrons. The second-order valence-electron chi connectivity index (χ2n) is 6.94. The van der Waals surface area contributed by atoms with E-state index >= 15 is 0 Å². The number of nitrogens with one attached hydrogen (secondary N) is 1. The van der Waals surface area contributed by atoms with E-state index in [2.05, 4.69) is 10.8 Å². The van der Waals surface area contributed by atoms with Gasteiger partial charge in [0, 0.05) is 41.9 Å². The summed E-state index contributed by atoms with van der Waals surface area (Å²) >= 11 is 1.03. The molecule has 2 unspecified atom stereocenters. The first kappa shape index (κ1) is 23.7. The molecule has 3 aromatic rings. The van der Waals surface area contributed by atoms with Crippen LogP contribution in [-0.4, -0.2) is 36.1 Å². The molecule has 0 bridgehead atoms. The van der Waals surface area contributed by atoms with E-state index in [1.54, 1.807) is 36.4 Å². The molecule has 1 aliphatic carbocycles. The van der Waals surface area contributed by atoms with Crippen molar-refractivity contribution in [3.8, 4) is 10.4 Å². The fraction of sp³-hybridized carbons (Fsp3) is 0.143. The summed E-state index contributed by atoms with van der Waals surface area (Å²) in [7, 11) is -4.13. The van der Waals surface area contributed by atoms with E-state index in [0.29, 0.717) is 5.56 Å². The molecule has 1 aromatic heterocycles. The average molecular weight is 681 g/mol. The molecule has 158 valence electrons. The van der Waals surface area contributed by atoms with Gasteiger partial charge in [0.15, 0.2) is 0 Å². The molecule has 0 saturated heterocycles. The zero-order chi connectivity index (χ0) is 21.5. The Hall–Kier alpha value is -1.96. The van der Waals surface area contributed by atoms with Crippen LogP contribution in [0, 0.1) is 37.2 Å². The molecule has 1 fully saturated rings. The van der Waals surface area contributed by atoms with Crippen LogP contribution in [0.1, 0.15) is 28.3 Å². The summed E-state index contributed by atoms with van der Waals surface area (Å²) in [6.45, 7) is 0. The molecule has 1 aliphatic rings. The van der Waals surface area contributed by atoms with Gasteiger partial charge in [-0.1, -0.05) is 18.2 Å². The van der Waals surface area contributed by atoms with Crippen LogP contribution in [0.2, 0.25) is 0 Å². The van der Waals surface area contributed by atoms with E-state index in [1.807, 2.05) is 0 Å². The molecule has 2 atom stereocenters. The number of carboxylic acids is 2. The molecular weight excluding hydrogens is 664 g/mol. The monoisotopic (exact) mass is 680 g/mol. The summed E-state index contributed by atoms with van der Waals surface area (Å²) in [5.74, 6) is -3.31. The minimum absolute atomic E-state index is 0. The number of aromatic carboxylic acids is 1. The maximum absolute atomic E-state index is 12.9. The largest absolute Gasteiger partial charge is 0.480 e. The van der Waals surface area contributed by atoms with Crippen molar-refractivity contribution < 1.29 is 59.3 Å². The quantitative estimate of drug-likeness (QED) is 0.330. The predicted octanol–water partition coefficient (Wildman–Crippen LogP) is 3.20. The van der Waals surface area contributed by atoms with E-state index in [0.717, 1.165) is 21.8 Å². The Labute approximate surface area is 206 Å². The first-order valence-electron chi connectivity index (χ1n) is 8.90. The Balaban J connectivity index is 0.00000272. The van der Waals surface area contributed by atoms with Gasteiger partial charge in [0.1, 0.15) is 9.75 Å². The van der Waals surface area contributed by atoms with Crippen molar-refractivity contribution in [3.05, 3.63) is 77.9 Å². The van der Waals surface area contributed by atoms with Crippen LogP contribution in [-0.2, 0) is 14.8 Å². The smallest absolute Gasteiger partial charge is 0.335 e. The van der Waals surface area contributed by atoms with Crippen LogP contribution < -0.4 is 4.72 Å². The molecule has 0 amide bonds. The molecule has 1 heterocycles. The van der Waals surface area contributed by atoms with Crippen molar-refractivity contribution in [3.63, 3.8) is 0 Å². The predicted molar refractivity (Wildman–Crippen MR) is 110 cm³/mol. The molecule has 7 nitrogen and oxygen atoms in total. The van der Waals surface area contributed by atoms with Crippen LogP contribution >= 0.6 is 11.3 Å². The number of thiophene rings is 1. The second kappa shape index (κ2) is 8.88. The Bertz CT molecular complexity index is 1240. The van der Waals surface area contributed by atoms with Gasteiger partial charge < -0.3 is 10.2 Å². The topological polar surface area (TPSA) is 121 Å². The van der Waals surface area contributed by atoms with Crippen molar-refractivity contribution >= 4 is 33.3 Å². The van der Waals surface area contributed by atoms with E-state index in [1.165, 1.54) is 24.3 Å². The average Bonchev–Trinajstić information content (AvgIpc) is 3.21. The fourth-order valence-corrected chi connectivity index (χ4v) is 6.20. The Morgan fingerprint density at radius 1 is 1.06 bits per heavy atom. The van der Waals surface area contributed by atoms with Gasteiger partial charge in [0.2, 0.25) is 0 Å². The third-order valence-electron chi connectivity index (χ3n) is 5.07. The Morgan fingerprint density at radius 2 is 1.74 bits per heavy atom. The molecule has 31 heavy (non-hydrogen) atoms. The fourth-order valence-electron chi connectivity index (χ4n) is 3.49. The Morgan fingerprint density at radius 3 is 2.39 bits per heavy atom. The summed E-state index contributed by atoms with van der Waals surface area (Å²) in [5, 5.41) is 19.2. The first-order chi connectivity index (χ1) is 14.2. The molecular formula is C21H16NO6S2U-. The van der Waals surface area contributed by atoms with Crippen LogP contribution in [0.5, 0.6) is 0 Å². The van der Waals surface area contributed by atoms with Crippen molar-refractivity contribution in [2.45, 2.75) is 22.1 Å². The van der Waals surface area contributed by atoms with Gasteiger partial charge in [-0.3, -0.25) is 4.79 Å². The summed E-state index contributed by atoms with van der Waals surface area (Å²) < 4.78 is 28.2. The minimum Gasteiger partial charge on any atom is -0.480 e. The van der Waals surface area contributed by atoms with Gasteiger partial charge in [-0.25, -0.2) is 13.2 Å². The third kappa shape index (κ3) is 4.50.